The summed E-state index contributed by atoms with van der Waals surface area (Å²) in [5.74, 6) is -0.316. The molecule has 0 unspecified atom stereocenters. The van der Waals surface area contributed by atoms with Crippen molar-refractivity contribution < 1.29 is 22.5 Å². The Hall–Kier alpha value is -1.45. The summed E-state index contributed by atoms with van der Waals surface area (Å²) in [5, 5.41) is 3.65. The van der Waals surface area contributed by atoms with Gasteiger partial charge in [0.2, 0.25) is 10.0 Å². The fourth-order valence-electron chi connectivity index (χ4n) is 2.92. The highest BCUT2D eigenvalue weighted by Crippen LogP contribution is 2.18. The fraction of sp³-hybridized carbons (Fsp3) is 0.733. The molecule has 0 N–H and O–H groups in total. The minimum Gasteiger partial charge on any atom is -0.465 e. The van der Waals surface area contributed by atoms with Crippen molar-refractivity contribution >= 4 is 16.0 Å². The van der Waals surface area contributed by atoms with Crippen LogP contribution in [-0.4, -0.2) is 67.6 Å². The van der Waals surface area contributed by atoms with E-state index in [9.17, 15) is 13.2 Å². The molecule has 24 heavy (non-hydrogen) atoms. The Morgan fingerprint density at radius 2 is 2.00 bits per heavy atom. The summed E-state index contributed by atoms with van der Waals surface area (Å²) in [6.45, 7) is 7.76. The number of hydrogen-bond donors (Lipinski definition) is 0. The Morgan fingerprint density at radius 1 is 1.33 bits per heavy atom. The molecule has 1 saturated heterocycles. The van der Waals surface area contributed by atoms with E-state index < -0.39 is 10.0 Å². The van der Waals surface area contributed by atoms with Gasteiger partial charge in [-0.3, -0.25) is 9.69 Å². The molecular weight excluding hydrogens is 334 g/mol. The molecule has 0 aliphatic carbocycles. The van der Waals surface area contributed by atoms with Crippen LogP contribution >= 0.6 is 0 Å². The van der Waals surface area contributed by atoms with Crippen LogP contribution in [0.2, 0.25) is 0 Å². The topological polar surface area (TPSA) is 93.0 Å². The molecule has 136 valence electrons. The summed E-state index contributed by atoms with van der Waals surface area (Å²) in [5.41, 5.74) is 0.393. The molecule has 1 atom stereocenters. The van der Waals surface area contributed by atoms with Gasteiger partial charge < -0.3 is 9.26 Å². The third-order valence-corrected chi connectivity index (χ3v) is 5.85. The summed E-state index contributed by atoms with van der Waals surface area (Å²) >= 11 is 0. The Kier molecular flexibility index (Phi) is 6.36. The predicted octanol–water partition coefficient (Wildman–Crippen LogP) is 0.710. The molecule has 9 heteroatoms. The molecule has 0 radical (unpaired) electrons. The second-order valence-corrected chi connectivity index (χ2v) is 8.09. The fourth-order valence-corrected chi connectivity index (χ4v) is 4.35. The highest BCUT2D eigenvalue weighted by atomic mass is 32.2. The zero-order valence-electron chi connectivity index (χ0n) is 14.3. The molecule has 2 rings (SSSR count). The molecule has 0 amide bonds. The number of nitrogens with zero attached hydrogens (tertiary/aromatic N) is 3. The van der Waals surface area contributed by atoms with Gasteiger partial charge in [-0.2, -0.15) is 4.31 Å². The van der Waals surface area contributed by atoms with Crippen molar-refractivity contribution in [2.45, 2.75) is 32.6 Å². The monoisotopic (exact) mass is 359 g/mol. The van der Waals surface area contributed by atoms with Crippen molar-refractivity contribution in [2.75, 3.05) is 32.8 Å². The molecule has 8 nitrogen and oxygen atoms in total. The number of carbonyl (C=O) groups excluding carboxylic acids is 1. The largest absolute Gasteiger partial charge is 0.465 e. The summed E-state index contributed by atoms with van der Waals surface area (Å²) in [6.07, 6.45) is 1.36. The molecule has 1 aromatic heterocycles. The van der Waals surface area contributed by atoms with Crippen LogP contribution in [0.15, 0.2) is 16.9 Å². The number of esters is 1. The Morgan fingerprint density at radius 3 is 2.50 bits per heavy atom. The van der Waals surface area contributed by atoms with Gasteiger partial charge in [-0.15, -0.1) is 0 Å². The maximum Gasteiger partial charge on any atom is 0.323 e. The molecule has 0 saturated carbocycles. The molecule has 1 aliphatic rings. The first kappa shape index (κ1) is 18.9. The number of sulfonamides is 1. The zero-order valence-corrected chi connectivity index (χ0v) is 15.2. The lowest BCUT2D eigenvalue weighted by molar-refractivity contribution is -0.152. The molecule has 1 fully saturated rings. The van der Waals surface area contributed by atoms with Crippen molar-refractivity contribution in [3.63, 3.8) is 0 Å². The average Bonchev–Trinajstić information content (AvgIpc) is 3.00. The van der Waals surface area contributed by atoms with Gasteiger partial charge in [0, 0.05) is 32.2 Å². The highest BCUT2D eigenvalue weighted by molar-refractivity contribution is 7.88. The van der Waals surface area contributed by atoms with E-state index >= 15 is 0 Å². The van der Waals surface area contributed by atoms with Crippen LogP contribution in [0, 0.1) is 5.92 Å². The second-order valence-electron chi connectivity index (χ2n) is 6.12. The minimum absolute atomic E-state index is 0.0994. The van der Waals surface area contributed by atoms with Gasteiger partial charge in [0.1, 0.15) is 18.1 Å². The van der Waals surface area contributed by atoms with E-state index in [1.807, 2.05) is 18.7 Å². The number of rotatable bonds is 7. The normalized spacial score (nSPS) is 18.7. The van der Waals surface area contributed by atoms with Crippen LogP contribution in [0.4, 0.5) is 0 Å². The predicted molar refractivity (Wildman–Crippen MR) is 87.5 cm³/mol. The van der Waals surface area contributed by atoms with Crippen molar-refractivity contribution in [2.24, 2.45) is 5.92 Å². The first-order chi connectivity index (χ1) is 11.3. The quantitative estimate of drug-likeness (QED) is 0.662. The Balaban J connectivity index is 1.97. The van der Waals surface area contributed by atoms with E-state index in [1.165, 1.54) is 10.6 Å². The van der Waals surface area contributed by atoms with Crippen LogP contribution < -0.4 is 0 Å². The number of hydrogen-bond acceptors (Lipinski definition) is 7. The van der Waals surface area contributed by atoms with Crippen molar-refractivity contribution in [1.29, 1.82) is 0 Å². The molecule has 1 aromatic rings. The van der Waals surface area contributed by atoms with Crippen LogP contribution in [0.1, 0.15) is 26.5 Å². The van der Waals surface area contributed by atoms with E-state index in [4.69, 9.17) is 4.74 Å². The number of carbonyl (C=O) groups is 1. The van der Waals surface area contributed by atoms with Gasteiger partial charge in [0.15, 0.2) is 0 Å². The van der Waals surface area contributed by atoms with Gasteiger partial charge in [-0.1, -0.05) is 19.0 Å². The standard InChI is InChI=1S/C15H25N3O5S/c1-4-22-15(19)14(12(2)3)17-6-8-18(9-7-17)24(20,21)11-13-5-10-23-16-13/h5,10,12,14H,4,6-9,11H2,1-3H3/t14-/m0/s1. The summed E-state index contributed by atoms with van der Waals surface area (Å²) in [7, 11) is -3.44. The SMILES string of the molecule is CCOC(=O)[C@H](C(C)C)N1CCN(S(=O)(=O)Cc2ccon2)CC1. The maximum absolute atomic E-state index is 12.4. The summed E-state index contributed by atoms with van der Waals surface area (Å²) in [4.78, 5) is 14.2. The first-order valence-corrected chi connectivity index (χ1v) is 9.74. The van der Waals surface area contributed by atoms with Crippen molar-refractivity contribution in [3.8, 4) is 0 Å². The average molecular weight is 359 g/mol. The van der Waals surface area contributed by atoms with Crippen LogP contribution in [0.3, 0.4) is 0 Å². The molecular formula is C15H25N3O5S. The third kappa shape index (κ3) is 4.55. The smallest absolute Gasteiger partial charge is 0.323 e. The number of aromatic nitrogens is 1. The van der Waals surface area contributed by atoms with Gasteiger partial charge in [-0.05, 0) is 12.8 Å². The number of piperazine rings is 1. The second kappa shape index (κ2) is 8.09. The first-order valence-electron chi connectivity index (χ1n) is 8.13. The lowest BCUT2D eigenvalue weighted by atomic mass is 10.0. The van der Waals surface area contributed by atoms with Crippen molar-refractivity contribution in [1.82, 2.24) is 14.4 Å². The van der Waals surface area contributed by atoms with Crippen LogP contribution in [-0.2, 0) is 25.3 Å². The lowest BCUT2D eigenvalue weighted by Gasteiger charge is -2.38. The van der Waals surface area contributed by atoms with Crippen molar-refractivity contribution in [3.05, 3.63) is 18.0 Å². The Labute approximate surface area is 142 Å². The molecule has 0 bridgehead atoms. The molecule has 0 spiro atoms. The van der Waals surface area contributed by atoms with E-state index in [1.54, 1.807) is 13.0 Å². The van der Waals surface area contributed by atoms with Gasteiger partial charge in [-0.25, -0.2) is 8.42 Å². The van der Waals surface area contributed by atoms with E-state index in [0.717, 1.165) is 0 Å². The zero-order chi connectivity index (χ0) is 17.7. The van der Waals surface area contributed by atoms with E-state index in [-0.39, 0.29) is 23.7 Å². The van der Waals surface area contributed by atoms with Crippen LogP contribution in [0.5, 0.6) is 0 Å². The van der Waals surface area contributed by atoms with E-state index in [2.05, 4.69) is 9.68 Å². The number of ether oxygens (including phenoxy) is 1. The Bertz CT molecular complexity index is 622. The summed E-state index contributed by atoms with van der Waals surface area (Å²) < 4.78 is 36.1. The molecule has 0 aromatic carbocycles. The minimum atomic E-state index is -3.44. The third-order valence-electron chi connectivity index (χ3n) is 4.04. The van der Waals surface area contributed by atoms with Crippen LogP contribution in [0.25, 0.3) is 0 Å². The maximum atomic E-state index is 12.4. The highest BCUT2D eigenvalue weighted by Gasteiger charge is 2.35. The van der Waals surface area contributed by atoms with E-state index in [0.29, 0.717) is 38.5 Å². The summed E-state index contributed by atoms with van der Waals surface area (Å²) in [6, 6.07) is 1.20. The molecule has 1 aliphatic heterocycles. The van der Waals surface area contributed by atoms with Gasteiger partial charge in [0.25, 0.3) is 0 Å². The molecule has 2 heterocycles. The van der Waals surface area contributed by atoms with Gasteiger partial charge >= 0.3 is 5.97 Å². The lowest BCUT2D eigenvalue weighted by Crippen LogP contribution is -2.55. The van der Waals surface area contributed by atoms with Gasteiger partial charge in [0.05, 0.1) is 12.3 Å².